The summed E-state index contributed by atoms with van der Waals surface area (Å²) in [4.78, 5) is 54.4. The van der Waals surface area contributed by atoms with Gasteiger partial charge in [-0.05, 0) is 60.2 Å². The Labute approximate surface area is 336 Å². The molecule has 0 aliphatic carbocycles. The first-order valence-electron chi connectivity index (χ1n) is 19.0. The lowest BCUT2D eigenvalue weighted by molar-refractivity contribution is -0.144. The molecule has 3 aromatic heterocycles. The van der Waals surface area contributed by atoms with Gasteiger partial charge in [0.15, 0.2) is 5.69 Å². The average molecular weight is 803 g/mol. The number of rotatable bonds is 11. The van der Waals surface area contributed by atoms with Gasteiger partial charge in [0.1, 0.15) is 16.6 Å². The van der Waals surface area contributed by atoms with E-state index in [9.17, 15) is 4.79 Å². The van der Waals surface area contributed by atoms with Crippen LogP contribution in [0.15, 0.2) is 111 Å². The average Bonchev–Trinajstić information content (AvgIpc) is 3.87. The highest BCUT2D eigenvalue weighted by Gasteiger charge is 2.55. The zero-order valence-electron chi connectivity index (χ0n) is 33.0. The molecular formula is C44H46N4O7SSi. The number of hydrogen-bond acceptors (Lipinski definition) is 9. The van der Waals surface area contributed by atoms with Crippen LogP contribution in [0.4, 0.5) is 5.69 Å². The fourth-order valence-corrected chi connectivity index (χ4v) is 13.5. The number of aryl methyl sites for hydroxylation is 1. The number of ether oxygens (including phenoxy) is 2. The van der Waals surface area contributed by atoms with Crippen molar-refractivity contribution >= 4 is 51.9 Å². The van der Waals surface area contributed by atoms with Crippen LogP contribution in [0, 0.1) is 13.5 Å². The van der Waals surface area contributed by atoms with E-state index >= 15 is 9.59 Å². The van der Waals surface area contributed by atoms with E-state index in [0.717, 1.165) is 14.9 Å². The number of oxazole rings is 1. The summed E-state index contributed by atoms with van der Waals surface area (Å²) in [5.74, 6) is -0.409. The van der Waals surface area contributed by atoms with Crippen LogP contribution in [-0.4, -0.2) is 47.7 Å². The Hall–Kier alpha value is -5.39. The molecule has 0 bridgehead atoms. The van der Waals surface area contributed by atoms with Crippen LogP contribution < -0.4 is 21.6 Å². The Morgan fingerprint density at radius 1 is 0.965 bits per heavy atom. The molecule has 4 heterocycles. The van der Waals surface area contributed by atoms with Crippen LogP contribution in [0.5, 0.6) is 0 Å². The number of fused-ring (bicyclic) bond motifs is 1. The van der Waals surface area contributed by atoms with E-state index in [1.807, 2.05) is 72.8 Å². The van der Waals surface area contributed by atoms with Gasteiger partial charge in [0.2, 0.25) is 5.89 Å². The Morgan fingerprint density at radius 3 is 2.16 bits per heavy atom. The van der Waals surface area contributed by atoms with Crippen molar-refractivity contribution in [1.82, 2.24) is 14.1 Å². The Bertz CT molecular complexity index is 2500. The third-order valence-corrected chi connectivity index (χ3v) is 17.0. The monoisotopic (exact) mass is 802 g/mol. The number of thiophene rings is 1. The van der Waals surface area contributed by atoms with Crippen molar-refractivity contribution in [1.29, 1.82) is 0 Å². The van der Waals surface area contributed by atoms with Gasteiger partial charge in [0, 0.05) is 13.2 Å². The standard InChI is InChI=1S/C44H46N4O7SSi/c1-29-36-39(49)48(44(5,6)41(50)55-57(43(2,3)4,31-16-10-8-11-17-31)32-18-12-9-13-19-32)42(51)47(40(36)56-37(29)38-46-24-27-53-38)28-35(54-30-22-25-52-26-23-30)33-20-14-15-21-34(33)45-7/h8-21,24,27,30,35H,22-23,25-26,28H2,1-6H3. The van der Waals surface area contributed by atoms with E-state index < -0.39 is 42.2 Å². The van der Waals surface area contributed by atoms with Crippen molar-refractivity contribution in [2.75, 3.05) is 13.2 Å². The summed E-state index contributed by atoms with van der Waals surface area (Å²) >= 11 is 1.21. The van der Waals surface area contributed by atoms with Crippen molar-refractivity contribution in [3.63, 3.8) is 0 Å². The molecule has 1 aliphatic heterocycles. The van der Waals surface area contributed by atoms with Crippen molar-refractivity contribution in [3.8, 4) is 10.8 Å². The van der Waals surface area contributed by atoms with Crippen LogP contribution in [0.1, 0.15) is 64.7 Å². The normalized spacial score (nSPS) is 14.7. The minimum absolute atomic E-state index is 0.0513. The molecule has 1 saturated heterocycles. The first-order chi connectivity index (χ1) is 27.3. The Kier molecular flexibility index (Phi) is 11.1. The predicted molar refractivity (Wildman–Crippen MR) is 224 cm³/mol. The molecule has 0 N–H and O–H groups in total. The second-order valence-electron chi connectivity index (χ2n) is 15.8. The van der Waals surface area contributed by atoms with E-state index in [0.29, 0.717) is 58.5 Å². The number of nitrogens with zero attached hydrogens (tertiary/aromatic N) is 4. The van der Waals surface area contributed by atoms with Gasteiger partial charge >= 0.3 is 20.0 Å². The third-order valence-electron chi connectivity index (χ3n) is 10.8. The number of hydrogen-bond donors (Lipinski definition) is 0. The van der Waals surface area contributed by atoms with Gasteiger partial charge in [-0.1, -0.05) is 106 Å². The summed E-state index contributed by atoms with van der Waals surface area (Å²) in [5, 5.41) is 1.45. The van der Waals surface area contributed by atoms with Crippen molar-refractivity contribution in [3.05, 3.63) is 141 Å². The summed E-state index contributed by atoms with van der Waals surface area (Å²) in [6, 6.07) is 26.7. The van der Waals surface area contributed by atoms with Crippen molar-refractivity contribution in [2.24, 2.45) is 0 Å². The molecule has 294 valence electrons. The molecule has 0 saturated carbocycles. The number of benzene rings is 3. The molecule has 7 rings (SSSR count). The predicted octanol–water partition coefficient (Wildman–Crippen LogP) is 7.51. The second-order valence-corrected chi connectivity index (χ2v) is 21.0. The molecule has 1 unspecified atom stereocenters. The van der Waals surface area contributed by atoms with Gasteiger partial charge < -0.3 is 18.3 Å². The molecule has 6 aromatic rings. The molecule has 0 amide bonds. The zero-order valence-corrected chi connectivity index (χ0v) is 34.8. The summed E-state index contributed by atoms with van der Waals surface area (Å²) < 4.78 is 27.5. The second kappa shape index (κ2) is 15.9. The number of para-hydroxylation sites is 1. The zero-order chi connectivity index (χ0) is 40.5. The minimum atomic E-state index is -3.46. The molecule has 0 radical (unpaired) electrons. The first-order valence-corrected chi connectivity index (χ1v) is 21.8. The molecular weight excluding hydrogens is 757 g/mol. The van der Waals surface area contributed by atoms with Gasteiger partial charge in [-0.15, -0.1) is 11.3 Å². The highest BCUT2D eigenvalue weighted by atomic mass is 32.1. The van der Waals surface area contributed by atoms with Crippen LogP contribution >= 0.6 is 11.3 Å². The molecule has 3 aromatic carbocycles. The van der Waals surface area contributed by atoms with Crippen LogP contribution in [0.25, 0.3) is 25.8 Å². The molecule has 1 atom stereocenters. The lowest BCUT2D eigenvalue weighted by Gasteiger charge is -2.43. The minimum Gasteiger partial charge on any atom is -0.508 e. The maximum absolute atomic E-state index is 15.2. The van der Waals surface area contributed by atoms with E-state index in [1.165, 1.54) is 28.4 Å². The van der Waals surface area contributed by atoms with E-state index in [-0.39, 0.29) is 18.0 Å². The van der Waals surface area contributed by atoms with E-state index in [2.05, 4.69) is 30.6 Å². The molecule has 57 heavy (non-hydrogen) atoms. The molecule has 1 fully saturated rings. The lowest BCUT2D eigenvalue weighted by Crippen LogP contribution is -2.69. The lowest BCUT2D eigenvalue weighted by atomic mass is 10.0. The summed E-state index contributed by atoms with van der Waals surface area (Å²) in [7, 11) is -3.46. The number of carbonyl (C=O) groups excluding carboxylic acids is 1. The third kappa shape index (κ3) is 7.23. The molecule has 11 nitrogen and oxygen atoms in total. The SMILES string of the molecule is [C-]#[N+]c1ccccc1C(Cn1c(=O)n(C(C)(C)C(=O)O[Si](c2ccccc2)(c2ccccc2)C(C)(C)C)c(=O)c2c(C)c(-c3ncco3)sc21)OC1CCOCC1. The highest BCUT2D eigenvalue weighted by Crippen LogP contribution is 2.40. The summed E-state index contributed by atoms with van der Waals surface area (Å²) in [6.07, 6.45) is 3.32. The van der Waals surface area contributed by atoms with Gasteiger partial charge in [-0.2, -0.15) is 0 Å². The molecule has 1 aliphatic rings. The highest BCUT2D eigenvalue weighted by molar-refractivity contribution is 7.22. The number of carbonyl (C=O) groups is 1. The van der Waals surface area contributed by atoms with Gasteiger partial charge in [-0.25, -0.2) is 19.2 Å². The molecule has 13 heteroatoms. The number of aromatic nitrogens is 3. The largest absolute Gasteiger partial charge is 0.508 e. The topological polar surface area (TPSA) is 119 Å². The quantitative estimate of drug-likeness (QED) is 0.0976. The van der Waals surface area contributed by atoms with Gasteiger partial charge in [0.25, 0.3) is 5.56 Å². The maximum atomic E-state index is 15.2. The van der Waals surface area contributed by atoms with Gasteiger partial charge in [0.05, 0.1) is 41.8 Å². The van der Waals surface area contributed by atoms with E-state index in [4.69, 9.17) is 24.9 Å². The van der Waals surface area contributed by atoms with Crippen molar-refractivity contribution in [2.45, 2.75) is 83.7 Å². The fraction of sp³-hybridized carbons (Fsp3) is 0.341. The smallest absolute Gasteiger partial charge is 0.333 e. The summed E-state index contributed by atoms with van der Waals surface area (Å²) in [5.41, 5.74) is -1.57. The Morgan fingerprint density at radius 2 is 1.58 bits per heavy atom. The van der Waals surface area contributed by atoms with Crippen LogP contribution in [-0.2, 0) is 30.8 Å². The molecule has 0 spiro atoms. The Balaban J connectivity index is 1.44. The van der Waals surface area contributed by atoms with Crippen LogP contribution in [0.2, 0.25) is 5.04 Å². The maximum Gasteiger partial charge on any atom is 0.333 e. The van der Waals surface area contributed by atoms with Gasteiger partial charge in [-0.3, -0.25) is 14.2 Å². The van der Waals surface area contributed by atoms with Crippen LogP contribution in [0.3, 0.4) is 0 Å². The fourth-order valence-electron chi connectivity index (χ4n) is 7.83. The first kappa shape index (κ1) is 39.8. The van der Waals surface area contributed by atoms with Crippen molar-refractivity contribution < 1.29 is 23.1 Å². The van der Waals surface area contributed by atoms with E-state index in [1.54, 1.807) is 32.9 Å². The summed E-state index contributed by atoms with van der Waals surface area (Å²) in [6.45, 7) is 20.1.